The van der Waals surface area contributed by atoms with Crippen molar-refractivity contribution >= 4 is 39.8 Å². The topological polar surface area (TPSA) is 66.1 Å². The third-order valence-electron chi connectivity index (χ3n) is 7.06. The summed E-state index contributed by atoms with van der Waals surface area (Å²) >= 11 is 0. The number of imide groups is 1. The molecule has 0 unspecified atom stereocenters. The van der Waals surface area contributed by atoms with E-state index in [0.717, 1.165) is 43.4 Å². The monoisotopic (exact) mass is 505 g/mol. The Bertz CT molecular complexity index is 1930. The molecule has 5 heteroatoms. The van der Waals surface area contributed by atoms with Gasteiger partial charge in [-0.25, -0.2) is 4.90 Å². The number of carbonyl (C=O) groups is 2. The predicted octanol–water partition coefficient (Wildman–Crippen LogP) is 7.43. The van der Waals surface area contributed by atoms with Crippen LogP contribution in [0, 0.1) is 18.3 Å². The minimum absolute atomic E-state index is 0.416. The molecule has 0 atom stereocenters. The van der Waals surface area contributed by atoms with E-state index in [4.69, 9.17) is 0 Å². The Morgan fingerprint density at radius 2 is 1.49 bits per heavy atom. The van der Waals surface area contributed by atoms with E-state index in [-0.39, 0.29) is 0 Å². The van der Waals surface area contributed by atoms with Crippen LogP contribution in [0.15, 0.2) is 115 Å². The molecule has 0 spiro atoms. The van der Waals surface area contributed by atoms with Gasteiger partial charge in [-0.1, -0.05) is 78.9 Å². The van der Waals surface area contributed by atoms with Gasteiger partial charge in [0.15, 0.2) is 0 Å². The van der Waals surface area contributed by atoms with Crippen molar-refractivity contribution in [2.24, 2.45) is 0 Å². The zero-order chi connectivity index (χ0) is 26.9. The van der Waals surface area contributed by atoms with Gasteiger partial charge >= 0.3 is 0 Å². The quantitative estimate of drug-likeness (QED) is 0.229. The van der Waals surface area contributed by atoms with Crippen LogP contribution in [-0.4, -0.2) is 16.9 Å². The second-order valence-corrected chi connectivity index (χ2v) is 9.36. The number of hydrogen-bond acceptors (Lipinski definition) is 3. The third kappa shape index (κ3) is 4.05. The zero-order valence-corrected chi connectivity index (χ0v) is 21.2. The Morgan fingerprint density at radius 1 is 0.769 bits per heavy atom. The molecular weight excluding hydrogens is 482 g/mol. The van der Waals surface area contributed by atoms with Crippen molar-refractivity contribution in [3.63, 3.8) is 0 Å². The second kappa shape index (κ2) is 9.77. The molecule has 6 aromatic rings. The number of carbonyl (C=O) groups excluding carboxylic acids is 2. The number of nitrogens with zero attached hydrogens (tertiary/aromatic N) is 3. The first-order valence-electron chi connectivity index (χ1n) is 12.6. The van der Waals surface area contributed by atoms with Crippen LogP contribution in [0.5, 0.6) is 0 Å². The van der Waals surface area contributed by atoms with Gasteiger partial charge in [0.1, 0.15) is 0 Å². The molecule has 186 valence electrons. The number of benzene rings is 5. The molecule has 0 aliphatic carbocycles. The Balaban J connectivity index is 1.55. The summed E-state index contributed by atoms with van der Waals surface area (Å²) in [6.45, 7) is 1.87. The first kappa shape index (κ1) is 23.9. The molecule has 0 saturated heterocycles. The van der Waals surface area contributed by atoms with Gasteiger partial charge in [-0.15, -0.1) is 0 Å². The highest BCUT2D eigenvalue weighted by Crippen LogP contribution is 2.35. The number of aromatic nitrogens is 1. The number of anilines is 1. The van der Waals surface area contributed by atoms with Crippen LogP contribution < -0.4 is 4.90 Å². The van der Waals surface area contributed by atoms with Crippen LogP contribution >= 0.6 is 0 Å². The zero-order valence-electron chi connectivity index (χ0n) is 21.2. The summed E-state index contributed by atoms with van der Waals surface area (Å²) in [5.41, 5.74) is 6.44. The van der Waals surface area contributed by atoms with Crippen LogP contribution in [0.25, 0.3) is 38.6 Å². The van der Waals surface area contributed by atoms with Gasteiger partial charge in [-0.2, -0.15) is 5.26 Å². The summed E-state index contributed by atoms with van der Waals surface area (Å²) in [5.74, 6) is -0.425. The number of para-hydroxylation sites is 1. The number of rotatable bonds is 5. The number of aryl methyl sites for hydroxylation is 1. The lowest BCUT2D eigenvalue weighted by molar-refractivity contribution is -0.106. The van der Waals surface area contributed by atoms with E-state index in [1.807, 2.05) is 115 Å². The summed E-state index contributed by atoms with van der Waals surface area (Å²) < 4.78 is 2.01. The van der Waals surface area contributed by atoms with E-state index >= 15 is 0 Å². The maximum atomic E-state index is 14.2. The highest BCUT2D eigenvalue weighted by molar-refractivity contribution is 6.19. The SMILES string of the molecule is Cc1cccc(-n2c3ccccc3c3ccc(C#N)cc32)c1C(=O)N(C=O)c1cccc(-c2ccccc2)c1. The number of hydrogen-bond donors (Lipinski definition) is 0. The fourth-order valence-electron chi connectivity index (χ4n) is 5.23. The third-order valence-corrected chi connectivity index (χ3v) is 7.06. The lowest BCUT2D eigenvalue weighted by Gasteiger charge is -2.21. The van der Waals surface area contributed by atoms with Gasteiger partial charge < -0.3 is 4.57 Å². The maximum absolute atomic E-state index is 14.2. The van der Waals surface area contributed by atoms with Crippen LogP contribution in [0.2, 0.25) is 0 Å². The van der Waals surface area contributed by atoms with Crippen LogP contribution in [0.1, 0.15) is 21.5 Å². The lowest BCUT2D eigenvalue weighted by atomic mass is 10.0. The van der Waals surface area contributed by atoms with Crippen molar-refractivity contribution in [1.29, 1.82) is 5.26 Å². The van der Waals surface area contributed by atoms with Gasteiger partial charge in [0.25, 0.3) is 5.91 Å². The van der Waals surface area contributed by atoms with Crippen molar-refractivity contribution < 1.29 is 9.59 Å². The summed E-state index contributed by atoms with van der Waals surface area (Å²) in [6.07, 6.45) is 0.572. The summed E-state index contributed by atoms with van der Waals surface area (Å²) in [7, 11) is 0. The molecule has 39 heavy (non-hydrogen) atoms. The standard InChI is InChI=1S/C34H23N3O2/c1-23-9-7-16-31(37-30-15-6-5-14-28(30)29-18-17-24(21-35)19-32(29)37)33(23)34(39)36(22-38)27-13-8-12-26(20-27)25-10-3-2-4-11-25/h2-20,22H,1H3. The molecule has 0 bridgehead atoms. The van der Waals surface area contributed by atoms with Gasteiger partial charge in [0.2, 0.25) is 6.41 Å². The average Bonchev–Trinajstić information content (AvgIpc) is 3.31. The molecule has 6 rings (SSSR count). The Morgan fingerprint density at radius 3 is 2.28 bits per heavy atom. The van der Waals surface area contributed by atoms with Gasteiger partial charge in [-0.05, 0) is 60.0 Å². The summed E-state index contributed by atoms with van der Waals surface area (Å²) in [5, 5.41) is 11.6. The normalized spacial score (nSPS) is 10.9. The first-order chi connectivity index (χ1) is 19.1. The van der Waals surface area contributed by atoms with Crippen molar-refractivity contribution in [2.75, 3.05) is 4.90 Å². The van der Waals surface area contributed by atoms with Crippen LogP contribution in [-0.2, 0) is 4.79 Å². The van der Waals surface area contributed by atoms with Crippen LogP contribution in [0.4, 0.5) is 5.69 Å². The highest BCUT2D eigenvalue weighted by Gasteiger charge is 2.25. The average molecular weight is 506 g/mol. The molecule has 0 N–H and O–H groups in total. The molecule has 5 aromatic carbocycles. The predicted molar refractivity (Wildman–Crippen MR) is 155 cm³/mol. The maximum Gasteiger partial charge on any atom is 0.267 e. The molecular formula is C34H23N3O2. The van der Waals surface area contributed by atoms with E-state index in [0.29, 0.717) is 28.9 Å². The first-order valence-corrected chi connectivity index (χ1v) is 12.6. The molecule has 0 radical (unpaired) electrons. The fourth-order valence-corrected chi connectivity index (χ4v) is 5.23. The Labute approximate surface area is 225 Å². The molecule has 0 fully saturated rings. The minimum atomic E-state index is -0.425. The summed E-state index contributed by atoms with van der Waals surface area (Å²) in [6, 6.07) is 38.6. The minimum Gasteiger partial charge on any atom is -0.308 e. The number of fused-ring (bicyclic) bond motifs is 3. The molecule has 2 amide bonds. The van der Waals surface area contributed by atoms with Crippen molar-refractivity contribution in [1.82, 2.24) is 4.57 Å². The number of nitriles is 1. The van der Waals surface area contributed by atoms with Crippen molar-refractivity contribution in [3.8, 4) is 22.9 Å². The van der Waals surface area contributed by atoms with Gasteiger partial charge in [0.05, 0.1) is 39.6 Å². The molecule has 1 heterocycles. The van der Waals surface area contributed by atoms with E-state index < -0.39 is 5.91 Å². The largest absolute Gasteiger partial charge is 0.308 e. The molecule has 5 nitrogen and oxygen atoms in total. The van der Waals surface area contributed by atoms with Gasteiger partial charge in [-0.3, -0.25) is 9.59 Å². The Kier molecular flexibility index (Phi) is 5.99. The molecule has 1 aromatic heterocycles. The number of amides is 2. The van der Waals surface area contributed by atoms with Crippen LogP contribution in [0.3, 0.4) is 0 Å². The fraction of sp³-hybridized carbons (Fsp3) is 0.0294. The molecule has 0 aliphatic rings. The van der Waals surface area contributed by atoms with E-state index in [1.165, 1.54) is 0 Å². The summed E-state index contributed by atoms with van der Waals surface area (Å²) in [4.78, 5) is 27.8. The van der Waals surface area contributed by atoms with Crippen molar-refractivity contribution in [2.45, 2.75) is 6.92 Å². The van der Waals surface area contributed by atoms with E-state index in [2.05, 4.69) is 6.07 Å². The Hall–Kier alpha value is -5.47. The molecule has 0 aliphatic heterocycles. The van der Waals surface area contributed by atoms with E-state index in [9.17, 15) is 14.9 Å². The van der Waals surface area contributed by atoms with E-state index in [1.54, 1.807) is 12.1 Å². The smallest absolute Gasteiger partial charge is 0.267 e. The molecule has 0 saturated carbocycles. The lowest BCUT2D eigenvalue weighted by Crippen LogP contribution is -2.31. The highest BCUT2D eigenvalue weighted by atomic mass is 16.2. The van der Waals surface area contributed by atoms with Crippen molar-refractivity contribution in [3.05, 3.63) is 132 Å². The van der Waals surface area contributed by atoms with Gasteiger partial charge in [0, 0.05) is 10.8 Å². The second-order valence-electron chi connectivity index (χ2n) is 9.36.